The fourth-order valence-electron chi connectivity index (χ4n) is 4.43. The van der Waals surface area contributed by atoms with Crippen LogP contribution in [0.2, 0.25) is 0 Å². The molecular weight excluding hydrogens is 601 g/mol. The molecule has 0 fully saturated rings. The average Bonchev–Trinajstić information content (AvgIpc) is 2.98. The topological polar surface area (TPSA) is 86.7 Å². The molecule has 5 rings (SSSR count). The molecule has 0 saturated heterocycles. The van der Waals surface area contributed by atoms with Gasteiger partial charge in [-0.25, -0.2) is 3.63 Å². The van der Waals surface area contributed by atoms with E-state index in [0.29, 0.717) is 0 Å². The lowest BCUT2D eigenvalue weighted by Crippen LogP contribution is -2.15. The normalized spacial score (nSPS) is 12.6. The lowest BCUT2D eigenvalue weighted by molar-refractivity contribution is 0.485. The van der Waals surface area contributed by atoms with Gasteiger partial charge in [0.25, 0.3) is 0 Å². The van der Waals surface area contributed by atoms with Crippen molar-refractivity contribution in [3.63, 3.8) is 0 Å². The highest BCUT2D eigenvalue weighted by Crippen LogP contribution is 2.70. The number of aryl methyl sites for hydroxylation is 4. The Bertz CT molecular complexity index is 1820. The van der Waals surface area contributed by atoms with Gasteiger partial charge in [-0.3, -0.25) is 0 Å². The molecule has 0 unspecified atom stereocenters. The zero-order valence-corrected chi connectivity index (χ0v) is 26.7. The Morgan fingerprint density at radius 1 is 0.372 bits per heavy atom. The van der Waals surface area contributed by atoms with E-state index in [4.69, 9.17) is 7.81 Å². The van der Waals surface area contributed by atoms with Gasteiger partial charge in [0, 0.05) is 14.7 Å². The van der Waals surface area contributed by atoms with Gasteiger partial charge in [-0.15, -0.1) is 0 Å². The van der Waals surface area contributed by atoms with Gasteiger partial charge in [-0.2, -0.15) is 16.8 Å². The summed E-state index contributed by atoms with van der Waals surface area (Å²) in [5.41, 5.74) is 4.00. The second-order valence-electron chi connectivity index (χ2n) is 10.3. The molecule has 5 aromatic rings. The van der Waals surface area contributed by atoms with Gasteiger partial charge in [0.2, 0.25) is 0 Å². The van der Waals surface area contributed by atoms with E-state index < -0.39 is 30.5 Å². The maximum atomic E-state index is 14.1. The van der Waals surface area contributed by atoms with Crippen molar-refractivity contribution in [1.29, 1.82) is 0 Å². The van der Waals surface area contributed by atoms with E-state index in [1.807, 2.05) is 100 Å². The SMILES string of the molecule is Cc1ccc(S(OS(=O)(=O)c2ccc(OS(=O)(=O)c3ccc(C)cc3)cc2)(c2ccc(C)cc2)c2ccc(C)cc2)cc1. The lowest BCUT2D eigenvalue weighted by Gasteiger charge is -2.39. The molecule has 6 nitrogen and oxygen atoms in total. The van der Waals surface area contributed by atoms with Crippen LogP contribution in [0.25, 0.3) is 0 Å². The molecule has 5 aromatic carbocycles. The summed E-state index contributed by atoms with van der Waals surface area (Å²) < 4.78 is 65.3. The highest BCUT2D eigenvalue weighted by molar-refractivity contribution is 8.33. The molecule has 0 atom stereocenters. The van der Waals surface area contributed by atoms with Crippen LogP contribution in [-0.4, -0.2) is 16.8 Å². The number of hydrogen-bond acceptors (Lipinski definition) is 6. The van der Waals surface area contributed by atoms with Crippen molar-refractivity contribution in [2.24, 2.45) is 0 Å². The van der Waals surface area contributed by atoms with Crippen LogP contribution in [0.5, 0.6) is 5.75 Å². The van der Waals surface area contributed by atoms with Crippen LogP contribution in [0.15, 0.2) is 146 Å². The minimum absolute atomic E-state index is 0.000749. The van der Waals surface area contributed by atoms with Crippen molar-refractivity contribution in [1.82, 2.24) is 0 Å². The van der Waals surface area contributed by atoms with Gasteiger partial charge < -0.3 is 4.18 Å². The quantitative estimate of drug-likeness (QED) is 0.152. The first kappa shape index (κ1) is 30.6. The van der Waals surface area contributed by atoms with E-state index in [0.717, 1.165) is 36.9 Å². The molecule has 0 aliphatic carbocycles. The third kappa shape index (κ3) is 6.55. The van der Waals surface area contributed by atoms with E-state index in [2.05, 4.69) is 0 Å². The van der Waals surface area contributed by atoms with Crippen LogP contribution < -0.4 is 4.18 Å². The van der Waals surface area contributed by atoms with Crippen LogP contribution in [0.3, 0.4) is 0 Å². The Morgan fingerprint density at radius 2 is 0.651 bits per heavy atom. The van der Waals surface area contributed by atoms with Gasteiger partial charge in [-0.05, 0) is 111 Å². The van der Waals surface area contributed by atoms with Crippen LogP contribution in [0.1, 0.15) is 22.3 Å². The van der Waals surface area contributed by atoms with E-state index in [1.54, 1.807) is 12.1 Å². The summed E-state index contributed by atoms with van der Waals surface area (Å²) in [5, 5.41) is 0. The highest BCUT2D eigenvalue weighted by atomic mass is 32.3. The number of benzene rings is 5. The average molecular weight is 633 g/mol. The summed E-state index contributed by atoms with van der Waals surface area (Å²) in [6, 6.07) is 34.6. The van der Waals surface area contributed by atoms with E-state index >= 15 is 0 Å². The fraction of sp³-hybridized carbons (Fsp3) is 0.118. The molecule has 222 valence electrons. The molecule has 0 radical (unpaired) electrons. The molecule has 0 N–H and O–H groups in total. The van der Waals surface area contributed by atoms with Crippen molar-refractivity contribution in [2.75, 3.05) is 0 Å². The Hall–Kier alpha value is -3.89. The lowest BCUT2D eigenvalue weighted by atomic mass is 10.2. The van der Waals surface area contributed by atoms with Crippen LogP contribution in [-0.2, 0) is 23.9 Å². The second-order valence-corrected chi connectivity index (χ2v) is 16.3. The minimum Gasteiger partial charge on any atom is -0.379 e. The summed E-state index contributed by atoms with van der Waals surface area (Å²) >= 11 is 0. The Kier molecular flexibility index (Phi) is 8.54. The molecule has 9 heteroatoms. The summed E-state index contributed by atoms with van der Waals surface area (Å²) in [6.45, 7) is 7.77. The minimum atomic E-state index is -4.38. The van der Waals surface area contributed by atoms with Gasteiger partial charge in [-0.1, -0.05) is 70.8 Å². The first-order valence-electron chi connectivity index (χ1n) is 13.5. The smallest absolute Gasteiger partial charge is 0.339 e. The predicted octanol–water partition coefficient (Wildman–Crippen LogP) is 8.29. The van der Waals surface area contributed by atoms with E-state index in [-0.39, 0.29) is 15.5 Å². The van der Waals surface area contributed by atoms with Crippen LogP contribution in [0.4, 0.5) is 0 Å². The number of rotatable bonds is 9. The zero-order chi connectivity index (χ0) is 30.8. The molecule has 0 aromatic heterocycles. The summed E-state index contributed by atoms with van der Waals surface area (Å²) in [6.07, 6.45) is 0. The van der Waals surface area contributed by atoms with E-state index in [1.165, 1.54) is 36.4 Å². The van der Waals surface area contributed by atoms with Crippen molar-refractivity contribution in [2.45, 2.75) is 52.2 Å². The molecule has 0 aliphatic heterocycles. The summed E-state index contributed by atoms with van der Waals surface area (Å²) in [4.78, 5) is 2.03. The molecule has 0 aliphatic rings. The second kappa shape index (κ2) is 12.0. The Labute approximate surface area is 255 Å². The van der Waals surface area contributed by atoms with Crippen molar-refractivity contribution >= 4 is 30.5 Å². The van der Waals surface area contributed by atoms with Crippen LogP contribution >= 0.6 is 10.3 Å². The Balaban J connectivity index is 1.58. The zero-order valence-electron chi connectivity index (χ0n) is 24.2. The standard InChI is InChI=1S/C34H32O6S3/c1-25-5-15-30(16-6-25)41(31-17-7-26(2)8-18-31,32-19-9-27(3)10-20-32)40-43(37,38)34-23-13-29(14-24-34)39-42(35,36)33-21-11-28(4)12-22-33/h5-24H,1-4H3. The Morgan fingerprint density at radius 3 is 1.00 bits per heavy atom. The van der Waals surface area contributed by atoms with Gasteiger partial charge in [0.15, 0.2) is 0 Å². The van der Waals surface area contributed by atoms with Gasteiger partial charge >= 0.3 is 20.2 Å². The largest absolute Gasteiger partial charge is 0.379 e. The molecule has 43 heavy (non-hydrogen) atoms. The maximum Gasteiger partial charge on any atom is 0.339 e. The van der Waals surface area contributed by atoms with Gasteiger partial charge in [0.1, 0.15) is 10.6 Å². The third-order valence-electron chi connectivity index (χ3n) is 6.88. The molecule has 0 bridgehead atoms. The van der Waals surface area contributed by atoms with Crippen molar-refractivity contribution < 1.29 is 24.6 Å². The molecule has 0 heterocycles. The first-order valence-corrected chi connectivity index (χ1v) is 17.9. The maximum absolute atomic E-state index is 14.1. The molecule has 0 amide bonds. The van der Waals surface area contributed by atoms with Crippen molar-refractivity contribution in [3.8, 4) is 5.75 Å². The third-order valence-corrected chi connectivity index (χ3v) is 13.3. The molecular formula is C34H32O6S3. The van der Waals surface area contributed by atoms with E-state index in [9.17, 15) is 16.8 Å². The fourth-order valence-corrected chi connectivity index (χ4v) is 10.5. The monoisotopic (exact) mass is 632 g/mol. The first-order chi connectivity index (χ1) is 20.4. The molecule has 0 saturated carbocycles. The molecule has 0 spiro atoms. The summed E-state index contributed by atoms with van der Waals surface area (Å²) in [7, 11) is -11.3. The van der Waals surface area contributed by atoms with Gasteiger partial charge in [0.05, 0.1) is 4.90 Å². The predicted molar refractivity (Wildman–Crippen MR) is 170 cm³/mol. The number of hydrogen-bond donors (Lipinski definition) is 0. The highest BCUT2D eigenvalue weighted by Gasteiger charge is 2.38. The van der Waals surface area contributed by atoms with Crippen LogP contribution in [0, 0.1) is 27.7 Å². The van der Waals surface area contributed by atoms with Crippen molar-refractivity contribution in [3.05, 3.63) is 144 Å². The summed E-state index contributed by atoms with van der Waals surface area (Å²) in [5.74, 6) is -0.0197.